The van der Waals surface area contributed by atoms with Gasteiger partial charge in [0.05, 0.1) is 19.3 Å². The fourth-order valence-corrected chi connectivity index (χ4v) is 1.17. The van der Waals surface area contributed by atoms with E-state index in [-0.39, 0.29) is 0 Å². The number of aliphatic hydroxyl groups excluding tert-OH is 1. The number of hydroxylamine groups is 1. The highest BCUT2D eigenvalue weighted by molar-refractivity contribution is 4.53. The SMILES string of the molecule is CCCCCCOCC(O)CNOCC. The number of hydrogen-bond acceptors (Lipinski definition) is 4. The fourth-order valence-electron chi connectivity index (χ4n) is 1.17. The average molecular weight is 219 g/mol. The normalized spacial score (nSPS) is 13.0. The monoisotopic (exact) mass is 219 g/mol. The average Bonchev–Trinajstić information content (AvgIpc) is 2.23. The van der Waals surface area contributed by atoms with Gasteiger partial charge < -0.3 is 14.7 Å². The third-order valence-corrected chi connectivity index (χ3v) is 2.02. The summed E-state index contributed by atoms with van der Waals surface area (Å²) in [7, 11) is 0. The van der Waals surface area contributed by atoms with Gasteiger partial charge in [-0.25, -0.2) is 0 Å². The molecule has 0 aliphatic carbocycles. The molecule has 0 saturated carbocycles. The minimum absolute atomic E-state index is 0.381. The van der Waals surface area contributed by atoms with Crippen molar-refractivity contribution in [2.24, 2.45) is 0 Å². The lowest BCUT2D eigenvalue weighted by atomic mass is 10.2. The van der Waals surface area contributed by atoms with Crippen molar-refractivity contribution in [2.45, 2.75) is 45.6 Å². The molecule has 0 heterocycles. The van der Waals surface area contributed by atoms with Crippen LogP contribution in [0.3, 0.4) is 0 Å². The van der Waals surface area contributed by atoms with Crippen LogP contribution in [0.1, 0.15) is 39.5 Å². The Hall–Kier alpha value is -0.160. The number of rotatable bonds is 11. The van der Waals surface area contributed by atoms with Crippen molar-refractivity contribution in [3.05, 3.63) is 0 Å². The van der Waals surface area contributed by atoms with Gasteiger partial charge in [-0.1, -0.05) is 26.2 Å². The summed E-state index contributed by atoms with van der Waals surface area (Å²) in [6.45, 7) is 6.22. The summed E-state index contributed by atoms with van der Waals surface area (Å²) in [5.41, 5.74) is 2.67. The first-order valence-electron chi connectivity index (χ1n) is 5.91. The van der Waals surface area contributed by atoms with E-state index in [2.05, 4.69) is 12.4 Å². The smallest absolute Gasteiger partial charge is 0.0920 e. The van der Waals surface area contributed by atoms with Crippen molar-refractivity contribution in [3.63, 3.8) is 0 Å². The molecule has 2 N–H and O–H groups in total. The molecule has 0 aromatic heterocycles. The van der Waals surface area contributed by atoms with Gasteiger partial charge in [0.1, 0.15) is 0 Å². The minimum Gasteiger partial charge on any atom is -0.389 e. The van der Waals surface area contributed by atoms with Crippen molar-refractivity contribution >= 4 is 0 Å². The summed E-state index contributed by atoms with van der Waals surface area (Å²) in [4.78, 5) is 4.90. The Kier molecular flexibility index (Phi) is 11.8. The highest BCUT2D eigenvalue weighted by atomic mass is 16.6. The molecule has 4 heteroatoms. The summed E-state index contributed by atoms with van der Waals surface area (Å²) in [5.74, 6) is 0. The molecule has 0 aliphatic heterocycles. The van der Waals surface area contributed by atoms with Crippen molar-refractivity contribution in [3.8, 4) is 0 Å². The Morgan fingerprint density at radius 3 is 2.67 bits per heavy atom. The second-order valence-corrected chi connectivity index (χ2v) is 3.57. The summed E-state index contributed by atoms with van der Waals surface area (Å²) >= 11 is 0. The zero-order valence-corrected chi connectivity index (χ0v) is 10.00. The highest BCUT2D eigenvalue weighted by Gasteiger charge is 2.02. The quantitative estimate of drug-likeness (QED) is 0.408. The third kappa shape index (κ3) is 11.8. The molecule has 0 bridgehead atoms. The van der Waals surface area contributed by atoms with E-state index in [1.807, 2.05) is 6.92 Å². The van der Waals surface area contributed by atoms with Gasteiger partial charge in [-0.15, -0.1) is 0 Å². The second kappa shape index (κ2) is 11.9. The Morgan fingerprint density at radius 1 is 1.20 bits per heavy atom. The molecule has 15 heavy (non-hydrogen) atoms. The van der Waals surface area contributed by atoms with Gasteiger partial charge in [0.15, 0.2) is 0 Å². The van der Waals surface area contributed by atoms with Crippen LogP contribution < -0.4 is 5.48 Å². The van der Waals surface area contributed by atoms with E-state index in [0.717, 1.165) is 13.0 Å². The first-order chi connectivity index (χ1) is 7.31. The third-order valence-electron chi connectivity index (χ3n) is 2.02. The van der Waals surface area contributed by atoms with Gasteiger partial charge in [-0.3, -0.25) is 0 Å². The van der Waals surface area contributed by atoms with Crippen molar-refractivity contribution in [1.29, 1.82) is 0 Å². The summed E-state index contributed by atoms with van der Waals surface area (Å²) < 4.78 is 5.33. The summed E-state index contributed by atoms with van der Waals surface area (Å²) in [6.07, 6.45) is 4.31. The number of nitrogens with one attached hydrogen (secondary N) is 1. The zero-order chi connectivity index (χ0) is 11.4. The molecule has 1 unspecified atom stereocenters. The van der Waals surface area contributed by atoms with Gasteiger partial charge in [0, 0.05) is 13.2 Å². The van der Waals surface area contributed by atoms with Gasteiger partial charge >= 0.3 is 0 Å². The van der Waals surface area contributed by atoms with E-state index in [9.17, 15) is 5.11 Å². The maximum atomic E-state index is 9.41. The van der Waals surface area contributed by atoms with Gasteiger partial charge in [-0.2, -0.15) is 5.48 Å². The molecule has 0 amide bonds. The van der Waals surface area contributed by atoms with Crippen LogP contribution in [-0.4, -0.2) is 37.6 Å². The molecule has 0 spiro atoms. The van der Waals surface area contributed by atoms with E-state index >= 15 is 0 Å². The molecule has 92 valence electrons. The van der Waals surface area contributed by atoms with Gasteiger partial charge in [0.25, 0.3) is 0 Å². The molecule has 0 saturated heterocycles. The van der Waals surface area contributed by atoms with Crippen LogP contribution >= 0.6 is 0 Å². The highest BCUT2D eigenvalue weighted by Crippen LogP contribution is 1.99. The summed E-state index contributed by atoms with van der Waals surface area (Å²) in [5, 5.41) is 9.41. The van der Waals surface area contributed by atoms with E-state index in [0.29, 0.717) is 19.8 Å². The molecule has 0 fully saturated rings. The molecular formula is C11H25NO3. The molecule has 0 aromatic rings. The molecule has 0 aromatic carbocycles. The standard InChI is InChI=1S/C11H25NO3/c1-3-5-6-7-8-14-10-11(13)9-12-15-4-2/h11-13H,3-10H2,1-2H3. The Labute approximate surface area is 92.9 Å². The lowest BCUT2D eigenvalue weighted by Crippen LogP contribution is -2.30. The lowest BCUT2D eigenvalue weighted by molar-refractivity contribution is -0.0116. The maximum absolute atomic E-state index is 9.41. The van der Waals surface area contributed by atoms with Crippen LogP contribution in [0.4, 0.5) is 0 Å². The number of unbranched alkanes of at least 4 members (excludes halogenated alkanes) is 3. The van der Waals surface area contributed by atoms with E-state index in [4.69, 9.17) is 9.57 Å². The number of hydrogen-bond donors (Lipinski definition) is 2. The van der Waals surface area contributed by atoms with Gasteiger partial charge in [0.2, 0.25) is 0 Å². The first-order valence-corrected chi connectivity index (χ1v) is 5.91. The Bertz CT molecular complexity index is 122. The summed E-state index contributed by atoms with van der Waals surface area (Å²) in [6, 6.07) is 0. The van der Waals surface area contributed by atoms with E-state index < -0.39 is 6.10 Å². The van der Waals surface area contributed by atoms with Crippen LogP contribution in [-0.2, 0) is 9.57 Å². The van der Waals surface area contributed by atoms with Crippen LogP contribution in [0.15, 0.2) is 0 Å². The first kappa shape index (κ1) is 14.8. The second-order valence-electron chi connectivity index (χ2n) is 3.57. The topological polar surface area (TPSA) is 50.7 Å². The van der Waals surface area contributed by atoms with Crippen molar-refractivity contribution < 1.29 is 14.7 Å². The molecule has 0 aliphatic rings. The van der Waals surface area contributed by atoms with Crippen LogP contribution in [0.5, 0.6) is 0 Å². The van der Waals surface area contributed by atoms with Crippen LogP contribution in [0, 0.1) is 0 Å². The Balaban J connectivity index is 3.06. The van der Waals surface area contributed by atoms with Crippen molar-refractivity contribution in [1.82, 2.24) is 5.48 Å². The van der Waals surface area contributed by atoms with E-state index in [1.165, 1.54) is 19.3 Å². The predicted octanol–water partition coefficient (Wildman–Crippen LogP) is 1.49. The number of aliphatic hydroxyl groups is 1. The fraction of sp³-hybridized carbons (Fsp3) is 1.00. The van der Waals surface area contributed by atoms with Crippen LogP contribution in [0.25, 0.3) is 0 Å². The Morgan fingerprint density at radius 2 is 2.00 bits per heavy atom. The van der Waals surface area contributed by atoms with E-state index in [1.54, 1.807) is 0 Å². The minimum atomic E-state index is -0.484. The molecular weight excluding hydrogens is 194 g/mol. The predicted molar refractivity (Wildman–Crippen MR) is 60.6 cm³/mol. The largest absolute Gasteiger partial charge is 0.389 e. The lowest BCUT2D eigenvalue weighted by Gasteiger charge is -2.11. The molecule has 0 radical (unpaired) electrons. The van der Waals surface area contributed by atoms with Gasteiger partial charge in [-0.05, 0) is 13.3 Å². The maximum Gasteiger partial charge on any atom is 0.0920 e. The van der Waals surface area contributed by atoms with Crippen molar-refractivity contribution in [2.75, 3.05) is 26.4 Å². The zero-order valence-electron chi connectivity index (χ0n) is 10.00. The number of ether oxygens (including phenoxy) is 1. The molecule has 0 rings (SSSR count). The molecule has 4 nitrogen and oxygen atoms in total. The van der Waals surface area contributed by atoms with Crippen LogP contribution in [0.2, 0.25) is 0 Å². The molecule has 1 atom stereocenters.